The van der Waals surface area contributed by atoms with E-state index in [2.05, 4.69) is 4.98 Å². The fraction of sp³-hybridized carbons (Fsp3) is 0.286. The molecule has 2 heterocycles. The number of carboxylic acid groups (broad SMARTS) is 1. The van der Waals surface area contributed by atoms with Crippen LogP contribution in [0.3, 0.4) is 0 Å². The van der Waals surface area contributed by atoms with Crippen LogP contribution in [0.1, 0.15) is 40.0 Å². The number of carboxylic acids is 1. The van der Waals surface area contributed by atoms with Gasteiger partial charge in [-0.1, -0.05) is 19.9 Å². The summed E-state index contributed by atoms with van der Waals surface area (Å²) in [4.78, 5) is 16.6. The summed E-state index contributed by atoms with van der Waals surface area (Å²) in [6.45, 7) is 4.33. The monoisotopic (exact) mass is 277 g/mol. The van der Waals surface area contributed by atoms with Gasteiger partial charge in [-0.25, -0.2) is 4.79 Å². The van der Waals surface area contributed by atoms with Gasteiger partial charge >= 0.3 is 5.97 Å². The first-order chi connectivity index (χ1) is 9.08. The van der Waals surface area contributed by atoms with Crippen LogP contribution in [0, 0.1) is 0 Å². The van der Waals surface area contributed by atoms with Crippen molar-refractivity contribution in [3.63, 3.8) is 0 Å². The summed E-state index contributed by atoms with van der Waals surface area (Å²) >= 11 is 1.27. The molecule has 2 aromatic rings. The van der Waals surface area contributed by atoms with Crippen molar-refractivity contribution in [1.29, 1.82) is 0 Å². The average Bonchev–Trinajstić information content (AvgIpc) is 2.82. The minimum Gasteiger partial charge on any atom is -0.485 e. The second-order valence-corrected chi connectivity index (χ2v) is 5.50. The van der Waals surface area contributed by atoms with Gasteiger partial charge in [-0.15, -0.1) is 11.3 Å². The lowest BCUT2D eigenvalue weighted by molar-refractivity contribution is 0.0697. The third kappa shape index (κ3) is 3.32. The molecular formula is C14H15NO3S. The number of aromatic nitrogens is 1. The molecule has 0 amide bonds. The van der Waals surface area contributed by atoms with E-state index in [1.807, 2.05) is 38.1 Å². The van der Waals surface area contributed by atoms with Crippen molar-refractivity contribution in [2.75, 3.05) is 0 Å². The van der Waals surface area contributed by atoms with Gasteiger partial charge in [0.05, 0.1) is 5.69 Å². The van der Waals surface area contributed by atoms with Crippen LogP contribution < -0.4 is 4.74 Å². The zero-order chi connectivity index (χ0) is 13.8. The third-order valence-corrected chi connectivity index (χ3v) is 3.99. The molecule has 0 aromatic carbocycles. The number of aromatic carboxylic acids is 1. The predicted octanol–water partition coefficient (Wildman–Crippen LogP) is 3.54. The summed E-state index contributed by atoms with van der Waals surface area (Å²) in [7, 11) is 0. The smallest absolute Gasteiger partial charge is 0.349 e. The molecule has 0 aliphatic carbocycles. The standard InChI is InChI=1S/C14H15NO3S/c1-9(2)12-7-11(13(19-12)14(16)17)18-8-10-5-3-4-6-15-10/h3-7,9H,8H2,1-2H3,(H,16,17). The lowest BCUT2D eigenvalue weighted by atomic mass is 10.2. The molecule has 0 aliphatic rings. The van der Waals surface area contributed by atoms with E-state index < -0.39 is 5.97 Å². The maximum Gasteiger partial charge on any atom is 0.349 e. The van der Waals surface area contributed by atoms with Gasteiger partial charge in [0.15, 0.2) is 4.88 Å². The number of carbonyl (C=O) groups is 1. The van der Waals surface area contributed by atoms with Gasteiger partial charge in [-0.2, -0.15) is 0 Å². The fourth-order valence-corrected chi connectivity index (χ4v) is 2.51. The van der Waals surface area contributed by atoms with Crippen molar-refractivity contribution >= 4 is 17.3 Å². The quantitative estimate of drug-likeness (QED) is 0.908. The molecule has 0 unspecified atom stereocenters. The van der Waals surface area contributed by atoms with Crippen LogP contribution in [-0.2, 0) is 6.61 Å². The van der Waals surface area contributed by atoms with Crippen molar-refractivity contribution in [3.05, 3.63) is 45.9 Å². The molecule has 1 N–H and O–H groups in total. The van der Waals surface area contributed by atoms with Crippen molar-refractivity contribution in [2.45, 2.75) is 26.4 Å². The Labute approximate surface area is 115 Å². The normalized spacial score (nSPS) is 10.7. The first-order valence-corrected chi connectivity index (χ1v) is 6.79. The number of nitrogens with zero attached hydrogens (tertiary/aromatic N) is 1. The lowest BCUT2D eigenvalue weighted by Gasteiger charge is -2.04. The minimum absolute atomic E-state index is 0.250. The molecular weight excluding hydrogens is 262 g/mol. The van der Waals surface area contributed by atoms with E-state index in [4.69, 9.17) is 4.74 Å². The summed E-state index contributed by atoms with van der Waals surface area (Å²) in [5, 5.41) is 9.17. The average molecular weight is 277 g/mol. The summed E-state index contributed by atoms with van der Waals surface area (Å²) in [6.07, 6.45) is 1.68. The molecule has 100 valence electrons. The van der Waals surface area contributed by atoms with Crippen LogP contribution in [0.25, 0.3) is 0 Å². The number of thiophene rings is 1. The van der Waals surface area contributed by atoms with Gasteiger partial charge in [-0.05, 0) is 24.1 Å². The molecule has 2 aromatic heterocycles. The molecule has 0 atom stereocenters. The van der Waals surface area contributed by atoms with Gasteiger partial charge in [-0.3, -0.25) is 4.98 Å². The van der Waals surface area contributed by atoms with E-state index in [0.717, 1.165) is 10.6 Å². The second-order valence-electron chi connectivity index (χ2n) is 4.41. The topological polar surface area (TPSA) is 59.4 Å². The zero-order valence-electron chi connectivity index (χ0n) is 10.8. The molecule has 0 spiro atoms. The number of ether oxygens (including phenoxy) is 1. The molecule has 4 nitrogen and oxygen atoms in total. The Balaban J connectivity index is 2.17. The van der Waals surface area contributed by atoms with Gasteiger partial charge < -0.3 is 9.84 Å². The molecule has 0 radical (unpaired) electrons. The van der Waals surface area contributed by atoms with Crippen molar-refractivity contribution in [3.8, 4) is 5.75 Å². The molecule has 0 aliphatic heterocycles. The largest absolute Gasteiger partial charge is 0.485 e. The molecule has 2 rings (SSSR count). The number of pyridine rings is 1. The summed E-state index contributed by atoms with van der Waals surface area (Å²) < 4.78 is 5.58. The Morgan fingerprint density at radius 3 is 2.84 bits per heavy atom. The van der Waals surface area contributed by atoms with Crippen LogP contribution in [0.2, 0.25) is 0 Å². The Morgan fingerprint density at radius 1 is 1.47 bits per heavy atom. The number of hydrogen-bond acceptors (Lipinski definition) is 4. The number of rotatable bonds is 5. The van der Waals surface area contributed by atoms with Gasteiger partial charge in [0.1, 0.15) is 12.4 Å². The summed E-state index contributed by atoms with van der Waals surface area (Å²) in [5.74, 6) is -0.241. The number of hydrogen-bond donors (Lipinski definition) is 1. The highest BCUT2D eigenvalue weighted by atomic mass is 32.1. The highest BCUT2D eigenvalue weighted by molar-refractivity contribution is 7.14. The van der Waals surface area contributed by atoms with E-state index in [1.165, 1.54) is 11.3 Å². The van der Waals surface area contributed by atoms with Crippen molar-refractivity contribution < 1.29 is 14.6 Å². The van der Waals surface area contributed by atoms with E-state index in [-0.39, 0.29) is 17.4 Å². The highest BCUT2D eigenvalue weighted by Gasteiger charge is 2.18. The fourth-order valence-electron chi connectivity index (χ4n) is 1.57. The molecule has 0 saturated carbocycles. The lowest BCUT2D eigenvalue weighted by Crippen LogP contribution is -2.01. The Hall–Kier alpha value is -1.88. The van der Waals surface area contributed by atoms with E-state index in [9.17, 15) is 9.90 Å². The van der Waals surface area contributed by atoms with Crippen LogP contribution >= 0.6 is 11.3 Å². The molecule has 0 bridgehead atoms. The van der Waals surface area contributed by atoms with Crippen LogP contribution in [-0.4, -0.2) is 16.1 Å². The Morgan fingerprint density at radius 2 is 2.26 bits per heavy atom. The zero-order valence-corrected chi connectivity index (χ0v) is 11.6. The minimum atomic E-state index is -0.951. The molecule has 5 heteroatoms. The van der Waals surface area contributed by atoms with Crippen LogP contribution in [0.5, 0.6) is 5.75 Å². The van der Waals surface area contributed by atoms with Crippen molar-refractivity contribution in [2.24, 2.45) is 0 Å². The third-order valence-electron chi connectivity index (χ3n) is 2.58. The Kier molecular flexibility index (Phi) is 4.16. The Bertz CT molecular complexity index is 563. The predicted molar refractivity (Wildman–Crippen MR) is 73.9 cm³/mol. The van der Waals surface area contributed by atoms with Gasteiger partial charge in [0, 0.05) is 11.1 Å². The van der Waals surface area contributed by atoms with E-state index in [0.29, 0.717) is 5.75 Å². The van der Waals surface area contributed by atoms with Gasteiger partial charge in [0.25, 0.3) is 0 Å². The van der Waals surface area contributed by atoms with Gasteiger partial charge in [0.2, 0.25) is 0 Å². The van der Waals surface area contributed by atoms with E-state index >= 15 is 0 Å². The molecule has 0 saturated heterocycles. The summed E-state index contributed by atoms with van der Waals surface area (Å²) in [5.41, 5.74) is 0.774. The SMILES string of the molecule is CC(C)c1cc(OCc2ccccn2)c(C(=O)O)s1. The first kappa shape index (κ1) is 13.5. The van der Waals surface area contributed by atoms with Crippen LogP contribution in [0.15, 0.2) is 30.5 Å². The van der Waals surface area contributed by atoms with Crippen LogP contribution in [0.4, 0.5) is 0 Å². The first-order valence-electron chi connectivity index (χ1n) is 5.97. The van der Waals surface area contributed by atoms with E-state index in [1.54, 1.807) is 6.20 Å². The highest BCUT2D eigenvalue weighted by Crippen LogP contribution is 2.34. The second kappa shape index (κ2) is 5.84. The van der Waals surface area contributed by atoms with Crippen molar-refractivity contribution in [1.82, 2.24) is 4.98 Å². The molecule has 0 fully saturated rings. The maximum absolute atomic E-state index is 11.2. The molecule has 19 heavy (non-hydrogen) atoms. The maximum atomic E-state index is 11.2. The summed E-state index contributed by atoms with van der Waals surface area (Å²) in [6, 6.07) is 7.35.